The Morgan fingerprint density at radius 2 is 2.28 bits per heavy atom. The molecule has 0 unspecified atom stereocenters. The van der Waals surface area contributed by atoms with Crippen LogP contribution in [-0.4, -0.2) is 36.6 Å². The predicted octanol–water partition coefficient (Wildman–Crippen LogP) is 1.35. The number of hydrogen-bond acceptors (Lipinski definition) is 5. The molecule has 1 aromatic heterocycles. The smallest absolute Gasteiger partial charge is 0.305 e. The molecule has 0 fully saturated rings. The highest BCUT2D eigenvalue weighted by molar-refractivity contribution is 5.69. The summed E-state index contributed by atoms with van der Waals surface area (Å²) in [7, 11) is 3.43. The molecule has 0 amide bonds. The molecule has 0 aliphatic heterocycles. The minimum atomic E-state index is -0.156. The van der Waals surface area contributed by atoms with Gasteiger partial charge in [0.25, 0.3) is 0 Å². The van der Waals surface area contributed by atoms with E-state index in [0.29, 0.717) is 6.42 Å². The third-order valence-electron chi connectivity index (χ3n) is 3.32. The third-order valence-corrected chi connectivity index (χ3v) is 3.32. The van der Waals surface area contributed by atoms with Gasteiger partial charge in [0.15, 0.2) is 0 Å². The van der Waals surface area contributed by atoms with Crippen molar-refractivity contribution in [1.29, 1.82) is 0 Å². The van der Waals surface area contributed by atoms with Crippen molar-refractivity contribution in [3.05, 3.63) is 17.6 Å². The molecular formula is C13H19N3O2. The van der Waals surface area contributed by atoms with E-state index < -0.39 is 0 Å². The summed E-state index contributed by atoms with van der Waals surface area (Å²) < 4.78 is 4.63. The summed E-state index contributed by atoms with van der Waals surface area (Å²) in [6, 6.07) is 0. The molecule has 0 N–H and O–H groups in total. The van der Waals surface area contributed by atoms with Crippen LogP contribution in [0, 0.1) is 0 Å². The molecule has 0 atom stereocenters. The first-order valence-electron chi connectivity index (χ1n) is 6.33. The monoisotopic (exact) mass is 249 g/mol. The Balaban J connectivity index is 1.95. The van der Waals surface area contributed by atoms with Crippen LogP contribution in [0.1, 0.15) is 30.5 Å². The van der Waals surface area contributed by atoms with Crippen LogP contribution >= 0.6 is 0 Å². The van der Waals surface area contributed by atoms with Crippen LogP contribution in [0.15, 0.2) is 6.33 Å². The fraction of sp³-hybridized carbons (Fsp3) is 0.615. The number of methoxy groups -OCH3 is 1. The zero-order valence-electron chi connectivity index (χ0n) is 11.0. The van der Waals surface area contributed by atoms with Crippen LogP contribution in [0.2, 0.25) is 0 Å². The molecule has 98 valence electrons. The van der Waals surface area contributed by atoms with Crippen LogP contribution in [0.4, 0.5) is 5.82 Å². The van der Waals surface area contributed by atoms with Crippen molar-refractivity contribution in [3.8, 4) is 0 Å². The van der Waals surface area contributed by atoms with Gasteiger partial charge in [0, 0.05) is 31.3 Å². The molecule has 0 bridgehead atoms. The fourth-order valence-electron chi connectivity index (χ4n) is 2.34. The molecule has 0 saturated carbocycles. The maximum atomic E-state index is 11.1. The minimum Gasteiger partial charge on any atom is -0.469 e. The summed E-state index contributed by atoms with van der Waals surface area (Å²) in [6.45, 7) is 0.804. The second kappa shape index (κ2) is 5.80. The van der Waals surface area contributed by atoms with Crippen molar-refractivity contribution in [2.45, 2.75) is 32.1 Å². The topological polar surface area (TPSA) is 55.3 Å². The Morgan fingerprint density at radius 1 is 1.44 bits per heavy atom. The number of aryl methyl sites for hydroxylation is 1. The first-order chi connectivity index (χ1) is 8.72. The normalized spacial score (nSPS) is 13.2. The second-order valence-electron chi connectivity index (χ2n) is 4.58. The molecule has 1 heterocycles. The molecule has 5 nitrogen and oxygen atoms in total. The molecule has 1 aliphatic carbocycles. The van der Waals surface area contributed by atoms with Crippen molar-refractivity contribution in [2.75, 3.05) is 25.6 Å². The van der Waals surface area contributed by atoms with E-state index >= 15 is 0 Å². The number of carbonyl (C=O) groups is 1. The fourth-order valence-corrected chi connectivity index (χ4v) is 2.34. The zero-order valence-corrected chi connectivity index (χ0v) is 11.0. The summed E-state index contributed by atoms with van der Waals surface area (Å²) in [6.07, 6.45) is 6.15. The van der Waals surface area contributed by atoms with Crippen molar-refractivity contribution in [2.24, 2.45) is 0 Å². The van der Waals surface area contributed by atoms with E-state index in [1.165, 1.54) is 18.4 Å². The molecule has 0 aromatic carbocycles. The van der Waals surface area contributed by atoms with Gasteiger partial charge in [-0.15, -0.1) is 0 Å². The first-order valence-corrected chi connectivity index (χ1v) is 6.33. The summed E-state index contributed by atoms with van der Waals surface area (Å²) in [5.41, 5.74) is 2.46. The maximum Gasteiger partial charge on any atom is 0.305 e. The van der Waals surface area contributed by atoms with Gasteiger partial charge in [-0.25, -0.2) is 9.97 Å². The number of esters is 1. The van der Waals surface area contributed by atoms with E-state index in [1.54, 1.807) is 6.33 Å². The molecule has 1 aliphatic rings. The number of carbonyl (C=O) groups excluding carboxylic acids is 1. The molecule has 5 heteroatoms. The Labute approximate surface area is 107 Å². The van der Waals surface area contributed by atoms with E-state index in [1.807, 2.05) is 7.05 Å². The van der Waals surface area contributed by atoms with E-state index in [0.717, 1.165) is 38.0 Å². The number of anilines is 1. The lowest BCUT2D eigenvalue weighted by molar-refractivity contribution is -0.140. The molecule has 2 rings (SSSR count). The van der Waals surface area contributed by atoms with Gasteiger partial charge < -0.3 is 9.64 Å². The van der Waals surface area contributed by atoms with Crippen LogP contribution < -0.4 is 4.90 Å². The van der Waals surface area contributed by atoms with E-state index in [-0.39, 0.29) is 5.97 Å². The number of ether oxygens (including phenoxy) is 1. The Kier molecular flexibility index (Phi) is 4.12. The molecule has 0 spiro atoms. The standard InChI is InChI=1S/C13H19N3O2/c1-16(8-4-7-12(17)18-2)13-10-5-3-6-11(10)14-9-15-13/h9H,3-8H2,1-2H3. The molecule has 18 heavy (non-hydrogen) atoms. The summed E-state index contributed by atoms with van der Waals surface area (Å²) >= 11 is 0. The van der Waals surface area contributed by atoms with Crippen LogP contribution in [0.5, 0.6) is 0 Å². The average Bonchev–Trinajstić information content (AvgIpc) is 2.86. The number of hydrogen-bond donors (Lipinski definition) is 0. The van der Waals surface area contributed by atoms with Crippen molar-refractivity contribution in [3.63, 3.8) is 0 Å². The highest BCUT2D eigenvalue weighted by atomic mass is 16.5. The Bertz CT molecular complexity index is 434. The van der Waals surface area contributed by atoms with Crippen LogP contribution in [-0.2, 0) is 22.4 Å². The number of fused-ring (bicyclic) bond motifs is 1. The lowest BCUT2D eigenvalue weighted by atomic mass is 10.2. The molecule has 1 aromatic rings. The minimum absolute atomic E-state index is 0.156. The third kappa shape index (κ3) is 2.78. The van der Waals surface area contributed by atoms with Gasteiger partial charge in [-0.1, -0.05) is 0 Å². The number of aromatic nitrogens is 2. The van der Waals surface area contributed by atoms with Crippen molar-refractivity contribution in [1.82, 2.24) is 9.97 Å². The summed E-state index contributed by atoms with van der Waals surface area (Å²) in [5.74, 6) is 0.860. The molecular weight excluding hydrogens is 230 g/mol. The van der Waals surface area contributed by atoms with Gasteiger partial charge in [-0.3, -0.25) is 4.79 Å². The SMILES string of the molecule is COC(=O)CCCN(C)c1ncnc2c1CCC2. The average molecular weight is 249 g/mol. The highest BCUT2D eigenvalue weighted by Gasteiger charge is 2.19. The van der Waals surface area contributed by atoms with E-state index in [4.69, 9.17) is 0 Å². The van der Waals surface area contributed by atoms with Gasteiger partial charge in [0.05, 0.1) is 7.11 Å². The van der Waals surface area contributed by atoms with Gasteiger partial charge in [0.2, 0.25) is 0 Å². The number of rotatable bonds is 5. The Morgan fingerprint density at radius 3 is 3.06 bits per heavy atom. The first kappa shape index (κ1) is 12.8. The van der Waals surface area contributed by atoms with Crippen LogP contribution in [0.25, 0.3) is 0 Å². The largest absolute Gasteiger partial charge is 0.469 e. The van der Waals surface area contributed by atoms with Gasteiger partial charge >= 0.3 is 5.97 Å². The maximum absolute atomic E-state index is 11.1. The lowest BCUT2D eigenvalue weighted by Crippen LogP contribution is -2.22. The van der Waals surface area contributed by atoms with E-state index in [2.05, 4.69) is 19.6 Å². The van der Waals surface area contributed by atoms with Crippen molar-refractivity contribution >= 4 is 11.8 Å². The summed E-state index contributed by atoms with van der Waals surface area (Å²) in [5, 5.41) is 0. The number of nitrogens with zero attached hydrogens (tertiary/aromatic N) is 3. The lowest BCUT2D eigenvalue weighted by Gasteiger charge is -2.20. The van der Waals surface area contributed by atoms with E-state index in [9.17, 15) is 4.79 Å². The zero-order chi connectivity index (χ0) is 13.0. The summed E-state index contributed by atoms with van der Waals surface area (Å²) in [4.78, 5) is 21.8. The second-order valence-corrected chi connectivity index (χ2v) is 4.58. The highest BCUT2D eigenvalue weighted by Crippen LogP contribution is 2.27. The van der Waals surface area contributed by atoms with Gasteiger partial charge in [0.1, 0.15) is 12.1 Å². The van der Waals surface area contributed by atoms with Gasteiger partial charge in [-0.05, 0) is 25.7 Å². The van der Waals surface area contributed by atoms with Crippen molar-refractivity contribution < 1.29 is 9.53 Å². The van der Waals surface area contributed by atoms with Gasteiger partial charge in [-0.2, -0.15) is 0 Å². The Hall–Kier alpha value is -1.65. The quantitative estimate of drug-likeness (QED) is 0.737. The molecule has 0 saturated heterocycles. The molecule has 0 radical (unpaired) electrons. The van der Waals surface area contributed by atoms with Crippen LogP contribution in [0.3, 0.4) is 0 Å². The predicted molar refractivity (Wildman–Crippen MR) is 68.6 cm³/mol.